The number of aliphatic hydroxyl groups excluding tert-OH is 1. The summed E-state index contributed by atoms with van der Waals surface area (Å²) in [7, 11) is 1.54. The van der Waals surface area contributed by atoms with Crippen molar-refractivity contribution in [2.75, 3.05) is 76.2 Å². The number of aromatic nitrogens is 2. The molecule has 10 rings (SSSR count). The number of ether oxygens (including phenoxy) is 1. The largest absolute Gasteiger partial charge is 0.507 e. The van der Waals surface area contributed by atoms with Gasteiger partial charge in [0.2, 0.25) is 17.7 Å². The Hall–Kier alpha value is -5.47. The van der Waals surface area contributed by atoms with Crippen molar-refractivity contribution in [2.24, 2.45) is 16.7 Å². The van der Waals surface area contributed by atoms with Gasteiger partial charge in [-0.3, -0.25) is 19.3 Å². The number of methoxy groups -OCH3 is 1. The first-order valence-electron chi connectivity index (χ1n) is 25.8. The van der Waals surface area contributed by atoms with E-state index in [9.17, 15) is 24.6 Å². The van der Waals surface area contributed by atoms with E-state index in [0.29, 0.717) is 46.7 Å². The number of aromatic hydroxyl groups is 1. The number of rotatable bonds is 11. The molecule has 0 bridgehead atoms. The molecule has 70 heavy (non-hydrogen) atoms. The van der Waals surface area contributed by atoms with Crippen molar-refractivity contribution in [3.8, 4) is 35.1 Å². The van der Waals surface area contributed by atoms with E-state index < -0.39 is 23.6 Å². The number of amides is 3. The van der Waals surface area contributed by atoms with Crippen LogP contribution in [0.1, 0.15) is 89.7 Å². The lowest BCUT2D eigenvalue weighted by molar-refractivity contribution is -0.150. The molecule has 2 saturated carbocycles. The molecule has 3 aromatic rings. The van der Waals surface area contributed by atoms with Gasteiger partial charge in [-0.25, -0.2) is 0 Å². The molecule has 2 aliphatic carbocycles. The smallest absolute Gasteiger partial charge is 0.246 e. The molecule has 3 amide bonds. The van der Waals surface area contributed by atoms with Gasteiger partial charge < -0.3 is 50.5 Å². The SMILES string of the molecule is C#Cc1ccc(CNC(=O)[C@@H]2C[C@@H](O)CN2C(=O)[C@@H](NC(=O)[C@H]2CC3(C2)C[C@H](N2CCC(N4CCC(N5CCN6c7cc(-c8ccccc8O)nnc7NC[C@H]6C5)CC4)CC2)C3)C(C)(C)C)c(OC)c1. The van der Waals surface area contributed by atoms with E-state index in [2.05, 4.69) is 57.7 Å². The van der Waals surface area contributed by atoms with Gasteiger partial charge >= 0.3 is 0 Å². The van der Waals surface area contributed by atoms with Crippen molar-refractivity contribution in [1.29, 1.82) is 0 Å². The number of terminal acetylenes is 1. The van der Waals surface area contributed by atoms with Crippen LogP contribution in [0.2, 0.25) is 0 Å². The number of piperidine rings is 2. The van der Waals surface area contributed by atoms with Gasteiger partial charge in [0.15, 0.2) is 5.82 Å². The van der Waals surface area contributed by atoms with E-state index in [1.54, 1.807) is 31.4 Å². The van der Waals surface area contributed by atoms with Crippen LogP contribution in [-0.4, -0.2) is 166 Å². The number of likely N-dealkylation sites (tertiary alicyclic amines) is 3. The molecule has 1 spiro atoms. The number of β-amino-alcohol motifs (C(OH)–C–C–N with tert-alkyl or cyclic N) is 1. The van der Waals surface area contributed by atoms with Crippen molar-refractivity contribution >= 4 is 29.2 Å². The van der Waals surface area contributed by atoms with Gasteiger partial charge in [0.1, 0.15) is 23.6 Å². The first-order valence-corrected chi connectivity index (χ1v) is 25.8. The Bertz CT molecular complexity index is 2460. The molecule has 5 aliphatic heterocycles. The first kappa shape index (κ1) is 48.2. The lowest BCUT2D eigenvalue weighted by Crippen LogP contribution is -2.63. The Morgan fingerprint density at radius 1 is 0.871 bits per heavy atom. The minimum Gasteiger partial charge on any atom is -0.507 e. The lowest BCUT2D eigenvalue weighted by atomic mass is 9.49. The molecule has 4 atom stereocenters. The van der Waals surface area contributed by atoms with Crippen molar-refractivity contribution in [1.82, 2.24) is 40.4 Å². The van der Waals surface area contributed by atoms with Crippen molar-refractivity contribution in [3.05, 3.63) is 59.7 Å². The van der Waals surface area contributed by atoms with Crippen LogP contribution >= 0.6 is 0 Å². The Labute approximate surface area is 412 Å². The maximum Gasteiger partial charge on any atom is 0.246 e. The highest BCUT2D eigenvalue weighted by atomic mass is 16.5. The molecule has 2 aromatic carbocycles. The van der Waals surface area contributed by atoms with Crippen LogP contribution in [0.5, 0.6) is 11.5 Å². The fourth-order valence-electron chi connectivity index (χ4n) is 13.1. The molecule has 6 fully saturated rings. The topological polar surface area (TPSA) is 179 Å². The summed E-state index contributed by atoms with van der Waals surface area (Å²) < 4.78 is 5.48. The Balaban J connectivity index is 0.649. The number of hydrogen-bond donors (Lipinski definition) is 5. The lowest BCUT2D eigenvalue weighted by Gasteiger charge is -2.60. The number of benzene rings is 2. The average Bonchev–Trinajstić information content (AvgIpc) is 3.75. The Morgan fingerprint density at radius 2 is 1.57 bits per heavy atom. The number of phenolic OH excluding ortho intramolecular Hbond substituents is 1. The number of nitrogens with zero attached hydrogens (tertiary/aromatic N) is 7. The van der Waals surface area contributed by atoms with Crippen LogP contribution in [-0.2, 0) is 20.9 Å². The molecule has 5 N–H and O–H groups in total. The monoisotopic (exact) mass is 957 g/mol. The fourth-order valence-corrected chi connectivity index (χ4v) is 13.1. The predicted molar refractivity (Wildman–Crippen MR) is 268 cm³/mol. The number of carbonyl (C=O) groups excluding carboxylic acids is 3. The van der Waals surface area contributed by atoms with Crippen LogP contribution in [0, 0.1) is 29.1 Å². The molecule has 16 heteroatoms. The minimum absolute atomic E-state index is 0.0272. The molecular formula is C54H72N10O6. The summed E-state index contributed by atoms with van der Waals surface area (Å²) in [5.41, 5.74) is 3.47. The molecule has 0 unspecified atom stereocenters. The van der Waals surface area contributed by atoms with Crippen LogP contribution in [0.15, 0.2) is 48.5 Å². The maximum atomic E-state index is 14.3. The maximum absolute atomic E-state index is 14.3. The molecular weight excluding hydrogens is 885 g/mol. The quantitative estimate of drug-likeness (QED) is 0.174. The van der Waals surface area contributed by atoms with Gasteiger partial charge in [-0.15, -0.1) is 16.6 Å². The second kappa shape index (κ2) is 19.6. The van der Waals surface area contributed by atoms with E-state index >= 15 is 0 Å². The number of phenols is 1. The number of fused-ring (bicyclic) bond motifs is 3. The summed E-state index contributed by atoms with van der Waals surface area (Å²) in [6, 6.07) is 15.2. The zero-order valence-corrected chi connectivity index (χ0v) is 41.4. The third kappa shape index (κ3) is 9.66. The molecule has 16 nitrogen and oxygen atoms in total. The van der Waals surface area contributed by atoms with Gasteiger partial charge in [-0.1, -0.05) is 44.9 Å². The fraction of sp³-hybridized carbons (Fsp3) is 0.611. The highest BCUT2D eigenvalue weighted by Crippen LogP contribution is 2.60. The highest BCUT2D eigenvalue weighted by Gasteiger charge is 2.57. The normalized spacial score (nSPS) is 28.1. The summed E-state index contributed by atoms with van der Waals surface area (Å²) in [4.78, 5) is 53.8. The predicted octanol–water partition coefficient (Wildman–Crippen LogP) is 4.05. The van der Waals surface area contributed by atoms with Gasteiger partial charge in [-0.05, 0) is 119 Å². The van der Waals surface area contributed by atoms with E-state index in [4.69, 9.17) is 11.2 Å². The molecule has 0 radical (unpaired) electrons. The van der Waals surface area contributed by atoms with Gasteiger partial charge in [0.05, 0.1) is 30.6 Å². The number of para-hydroxylation sites is 1. The third-order valence-corrected chi connectivity index (χ3v) is 17.1. The van der Waals surface area contributed by atoms with E-state index in [-0.39, 0.29) is 54.3 Å². The van der Waals surface area contributed by atoms with Gasteiger partial charge in [0, 0.05) is 86.4 Å². The van der Waals surface area contributed by atoms with E-state index in [1.807, 2.05) is 39.0 Å². The van der Waals surface area contributed by atoms with Crippen molar-refractivity contribution in [2.45, 2.75) is 127 Å². The van der Waals surface area contributed by atoms with Gasteiger partial charge in [0.25, 0.3) is 0 Å². The second-order valence-electron chi connectivity index (χ2n) is 22.5. The van der Waals surface area contributed by atoms with E-state index in [1.165, 1.54) is 30.6 Å². The van der Waals surface area contributed by atoms with Crippen LogP contribution in [0.3, 0.4) is 0 Å². The number of carbonyl (C=O) groups is 3. The zero-order chi connectivity index (χ0) is 48.9. The summed E-state index contributed by atoms with van der Waals surface area (Å²) in [5.74, 6) is 3.23. The second-order valence-corrected chi connectivity index (χ2v) is 22.5. The summed E-state index contributed by atoms with van der Waals surface area (Å²) in [5, 5.41) is 39.7. The molecule has 6 heterocycles. The number of aliphatic hydroxyl groups is 1. The Kier molecular flexibility index (Phi) is 13.5. The number of anilines is 2. The minimum atomic E-state index is -0.866. The van der Waals surface area contributed by atoms with Crippen molar-refractivity contribution < 1.29 is 29.3 Å². The van der Waals surface area contributed by atoms with Crippen LogP contribution in [0.25, 0.3) is 11.3 Å². The summed E-state index contributed by atoms with van der Waals surface area (Å²) in [6.07, 6.45) is 13.6. The summed E-state index contributed by atoms with van der Waals surface area (Å²) in [6.45, 7) is 14.4. The van der Waals surface area contributed by atoms with Crippen molar-refractivity contribution in [3.63, 3.8) is 0 Å². The number of nitrogens with one attached hydrogen (secondary N) is 3. The van der Waals surface area contributed by atoms with E-state index in [0.717, 1.165) is 95.1 Å². The molecule has 374 valence electrons. The van der Waals surface area contributed by atoms with Crippen LogP contribution in [0.4, 0.5) is 11.5 Å². The average molecular weight is 957 g/mol. The molecule has 1 aromatic heterocycles. The summed E-state index contributed by atoms with van der Waals surface area (Å²) >= 11 is 0. The van der Waals surface area contributed by atoms with Crippen LogP contribution < -0.4 is 25.6 Å². The Morgan fingerprint density at radius 3 is 2.26 bits per heavy atom. The first-order chi connectivity index (χ1) is 33.7. The standard InChI is InChI=1S/C54H72N10O6/c1-6-34-11-12-35(47(23-34)70-5)30-56-51(68)45-24-41(65)33-64(45)52(69)48(53(2,3)4)57-50(67)36-26-54(27-36)28-39(29-54)61-19-13-37(14-20-61)60-17-15-38(16-18-60)62-21-22-63-40(32-62)31-55-49-44(63)25-43(58-59-49)42-9-7-8-10-46(42)66/h1,7-12,23,25,36-41,45,48,65-66H,13-22,24,26-33H2,2-5H3,(H,55,59)(H,56,68)(H,57,67)/t36-,39-,40-,41+,45-,48+,54?/m0/s1. The number of piperazine rings is 1. The highest BCUT2D eigenvalue weighted by molar-refractivity contribution is 5.94. The number of hydrogen-bond acceptors (Lipinski definition) is 13. The third-order valence-electron chi connectivity index (χ3n) is 17.1. The van der Waals surface area contributed by atoms with Gasteiger partial charge in [-0.2, -0.15) is 0 Å². The zero-order valence-electron chi connectivity index (χ0n) is 41.4. The molecule has 7 aliphatic rings. The molecule has 4 saturated heterocycles.